The number of carbonyl (C=O) groups is 3. The molecule has 0 radical (unpaired) electrons. The number of hydrogen-bond acceptors (Lipinski definition) is 4. The van der Waals surface area contributed by atoms with E-state index in [1.54, 1.807) is 0 Å². The Morgan fingerprint density at radius 3 is 2.56 bits per heavy atom. The molecule has 1 heterocycles. The molecule has 2 rings (SSSR count). The summed E-state index contributed by atoms with van der Waals surface area (Å²) in [5.41, 5.74) is 2.81. The molecule has 5 nitrogen and oxygen atoms in total. The molecule has 0 amide bonds. The predicted molar refractivity (Wildman–Crippen MR) is 101 cm³/mol. The molecule has 0 spiro atoms. The second kappa shape index (κ2) is 8.87. The Morgan fingerprint density at radius 1 is 1.20 bits per heavy atom. The van der Waals surface area contributed by atoms with Crippen LogP contribution in [-0.4, -0.2) is 30.1 Å². The Bertz CT molecular complexity index is 818. The minimum atomic E-state index is -0.479. The molecule has 0 bridgehead atoms. The summed E-state index contributed by atoms with van der Waals surface area (Å²) in [4.78, 5) is 37.2. The Hall–Kier alpha value is -2.82. The third-order valence-electron chi connectivity index (χ3n) is 4.18. The van der Waals surface area contributed by atoms with Crippen molar-refractivity contribution >= 4 is 48.4 Å². The first-order chi connectivity index (χ1) is 12.2. The van der Waals surface area contributed by atoms with Crippen molar-refractivity contribution in [3.63, 3.8) is 0 Å². The molecule has 130 valence electrons. The van der Waals surface area contributed by atoms with Gasteiger partial charge >= 0.3 is 0 Å². The van der Waals surface area contributed by atoms with Crippen LogP contribution in [0, 0.1) is 0 Å². The van der Waals surface area contributed by atoms with E-state index in [4.69, 9.17) is 0 Å². The van der Waals surface area contributed by atoms with E-state index in [-0.39, 0.29) is 0 Å². The summed E-state index contributed by atoms with van der Waals surface area (Å²) < 4.78 is 1.84. The van der Waals surface area contributed by atoms with Crippen molar-refractivity contribution in [2.75, 3.05) is 0 Å². The predicted octanol–water partition coefficient (Wildman–Crippen LogP) is 3.86. The number of allylic oxidation sites excluding steroid dienone is 1. The highest BCUT2D eigenvalue weighted by atomic mass is 16.1. The van der Waals surface area contributed by atoms with Crippen LogP contribution in [-0.2, 0) is 20.8 Å². The molecule has 0 saturated carbocycles. The third kappa shape index (κ3) is 3.82. The Labute approximate surface area is 147 Å². The van der Waals surface area contributed by atoms with Crippen LogP contribution >= 0.6 is 0 Å². The van der Waals surface area contributed by atoms with Crippen LogP contribution in [0.2, 0.25) is 0 Å². The topological polar surface area (TPSA) is 68.5 Å². The van der Waals surface area contributed by atoms with Crippen LogP contribution in [0.3, 0.4) is 0 Å². The average molecular weight is 338 g/mol. The van der Waals surface area contributed by atoms with Gasteiger partial charge in [-0.2, -0.15) is 0 Å². The maximum Gasteiger partial charge on any atom is 0.142 e. The second-order valence-corrected chi connectivity index (χ2v) is 5.77. The molecule has 1 aromatic carbocycles. The Morgan fingerprint density at radius 2 is 1.96 bits per heavy atom. The van der Waals surface area contributed by atoms with E-state index in [2.05, 4.69) is 11.7 Å². The molecule has 2 aromatic rings. The third-order valence-corrected chi connectivity index (χ3v) is 4.18. The monoisotopic (exact) mass is 338 g/mol. The Balaban J connectivity index is 2.70. The molecule has 0 saturated heterocycles. The standard InChI is InChI=1S/C20H22N2O3/c1-3-6-17-18-13-15(7-4-11-23)9-10-19(18)22(20(17)21-2)16(14-25)8-5-12-24/h3,6,9-14,16H,2,4-5,7-8H2,1H3/b6-3-. The van der Waals surface area contributed by atoms with Gasteiger partial charge in [0.1, 0.15) is 24.7 Å². The van der Waals surface area contributed by atoms with Crippen molar-refractivity contribution in [3.8, 4) is 0 Å². The van der Waals surface area contributed by atoms with Gasteiger partial charge < -0.3 is 19.0 Å². The SMILES string of the molecule is C=Nc1c(/C=C\C)c2cc(CCC=O)ccc2n1C(C=O)CCC=O. The molecule has 5 heteroatoms. The number of aliphatic imine (C=N–C) groups is 1. The van der Waals surface area contributed by atoms with Crippen molar-refractivity contribution in [3.05, 3.63) is 35.4 Å². The van der Waals surface area contributed by atoms with Crippen molar-refractivity contribution in [1.82, 2.24) is 4.57 Å². The lowest BCUT2D eigenvalue weighted by molar-refractivity contribution is -0.111. The molecule has 25 heavy (non-hydrogen) atoms. The minimum Gasteiger partial charge on any atom is -0.315 e. The average Bonchev–Trinajstić information content (AvgIpc) is 2.94. The zero-order valence-electron chi connectivity index (χ0n) is 14.4. The van der Waals surface area contributed by atoms with Crippen LogP contribution in [0.4, 0.5) is 5.82 Å². The van der Waals surface area contributed by atoms with Gasteiger partial charge in [0.2, 0.25) is 0 Å². The summed E-state index contributed by atoms with van der Waals surface area (Å²) in [6.07, 6.45) is 8.26. The van der Waals surface area contributed by atoms with Gasteiger partial charge in [-0.25, -0.2) is 4.99 Å². The van der Waals surface area contributed by atoms with Gasteiger partial charge in [-0.3, -0.25) is 0 Å². The van der Waals surface area contributed by atoms with Gasteiger partial charge in [0.25, 0.3) is 0 Å². The van der Waals surface area contributed by atoms with Crippen molar-refractivity contribution in [2.45, 2.75) is 38.6 Å². The molecular weight excluding hydrogens is 316 g/mol. The molecule has 1 unspecified atom stereocenters. The summed E-state index contributed by atoms with van der Waals surface area (Å²) in [7, 11) is 0. The zero-order valence-corrected chi connectivity index (χ0v) is 14.4. The summed E-state index contributed by atoms with van der Waals surface area (Å²) in [6.45, 7) is 5.57. The highest BCUT2D eigenvalue weighted by Crippen LogP contribution is 2.37. The van der Waals surface area contributed by atoms with Gasteiger partial charge in [0, 0.05) is 23.8 Å². The lowest BCUT2D eigenvalue weighted by Crippen LogP contribution is -2.10. The molecular formula is C20H22N2O3. The van der Waals surface area contributed by atoms with Gasteiger partial charge in [-0.15, -0.1) is 0 Å². The number of hydrogen-bond donors (Lipinski definition) is 0. The Kier molecular flexibility index (Phi) is 6.57. The van der Waals surface area contributed by atoms with E-state index in [1.165, 1.54) is 0 Å². The van der Waals surface area contributed by atoms with Crippen molar-refractivity contribution < 1.29 is 14.4 Å². The fourth-order valence-electron chi connectivity index (χ4n) is 3.08. The fourth-order valence-corrected chi connectivity index (χ4v) is 3.08. The van der Waals surface area contributed by atoms with Crippen LogP contribution in [0.15, 0.2) is 29.3 Å². The summed E-state index contributed by atoms with van der Waals surface area (Å²) in [6, 6.07) is 5.44. The van der Waals surface area contributed by atoms with Crippen LogP contribution in [0.1, 0.15) is 43.4 Å². The molecule has 0 fully saturated rings. The van der Waals surface area contributed by atoms with E-state index < -0.39 is 6.04 Å². The van der Waals surface area contributed by atoms with Crippen molar-refractivity contribution in [1.29, 1.82) is 0 Å². The largest absolute Gasteiger partial charge is 0.315 e. The lowest BCUT2D eigenvalue weighted by atomic mass is 10.1. The molecule has 1 atom stereocenters. The fraction of sp³-hybridized carbons (Fsp3) is 0.300. The summed E-state index contributed by atoms with van der Waals surface area (Å²) >= 11 is 0. The number of nitrogens with zero attached hydrogens (tertiary/aromatic N) is 2. The van der Waals surface area contributed by atoms with Crippen molar-refractivity contribution in [2.24, 2.45) is 4.99 Å². The van der Waals surface area contributed by atoms with Gasteiger partial charge in [0.05, 0.1) is 11.6 Å². The maximum absolute atomic E-state index is 11.6. The van der Waals surface area contributed by atoms with Crippen LogP contribution in [0.25, 0.3) is 17.0 Å². The highest BCUT2D eigenvalue weighted by molar-refractivity contribution is 5.96. The van der Waals surface area contributed by atoms with Gasteiger partial charge in [-0.05, 0) is 44.2 Å². The van der Waals surface area contributed by atoms with Crippen LogP contribution in [0.5, 0.6) is 0 Å². The van der Waals surface area contributed by atoms with E-state index in [9.17, 15) is 14.4 Å². The smallest absolute Gasteiger partial charge is 0.142 e. The molecule has 0 aliphatic carbocycles. The van der Waals surface area contributed by atoms with Crippen LogP contribution < -0.4 is 0 Å². The minimum absolute atomic E-state index is 0.302. The first kappa shape index (κ1) is 18.5. The number of carbonyl (C=O) groups excluding carboxylic acids is 3. The molecule has 0 aliphatic rings. The highest BCUT2D eigenvalue weighted by Gasteiger charge is 2.21. The molecule has 0 N–H and O–H groups in total. The summed E-state index contributed by atoms with van der Waals surface area (Å²) in [5.74, 6) is 0.614. The maximum atomic E-state index is 11.6. The summed E-state index contributed by atoms with van der Waals surface area (Å²) in [5, 5.41) is 0.960. The van der Waals surface area contributed by atoms with E-state index in [0.717, 1.165) is 40.9 Å². The number of rotatable bonds is 10. The number of aldehydes is 3. The number of benzene rings is 1. The van der Waals surface area contributed by atoms with E-state index >= 15 is 0 Å². The second-order valence-electron chi connectivity index (χ2n) is 5.77. The quantitative estimate of drug-likeness (QED) is 0.488. The first-order valence-corrected chi connectivity index (χ1v) is 8.30. The van der Waals surface area contributed by atoms with Gasteiger partial charge in [-0.1, -0.05) is 18.2 Å². The number of aryl methyl sites for hydroxylation is 1. The van der Waals surface area contributed by atoms with Gasteiger partial charge in [0.15, 0.2) is 0 Å². The molecule has 0 aliphatic heterocycles. The van der Waals surface area contributed by atoms with E-state index in [1.807, 2.05) is 41.8 Å². The molecule has 1 aromatic heterocycles. The van der Waals surface area contributed by atoms with E-state index in [0.29, 0.717) is 31.5 Å². The normalized spacial score (nSPS) is 12.4. The number of aromatic nitrogens is 1. The number of fused-ring (bicyclic) bond motifs is 1. The lowest BCUT2D eigenvalue weighted by Gasteiger charge is -2.15. The first-order valence-electron chi connectivity index (χ1n) is 8.30. The zero-order chi connectivity index (χ0) is 18.2.